The number of hydrogen-bond acceptors (Lipinski definition) is 2. The van der Waals surface area contributed by atoms with Gasteiger partial charge in [0.15, 0.2) is 0 Å². The van der Waals surface area contributed by atoms with Crippen molar-refractivity contribution in [1.82, 2.24) is 0 Å². The smallest absolute Gasteiger partial charge is 0.228 e. The molecule has 0 saturated carbocycles. The van der Waals surface area contributed by atoms with E-state index in [2.05, 4.69) is 5.32 Å². The molecule has 0 aliphatic carbocycles. The molecular weight excluding hydrogens is 288 g/mol. The molecule has 1 N–H and O–H groups in total. The van der Waals surface area contributed by atoms with Crippen LogP contribution in [0.15, 0.2) is 42.5 Å². The van der Waals surface area contributed by atoms with Crippen LogP contribution in [0.2, 0.25) is 0 Å². The zero-order chi connectivity index (χ0) is 16.4. The van der Waals surface area contributed by atoms with E-state index in [1.807, 2.05) is 49.4 Å². The number of fused-ring (bicyclic) bond motifs is 1. The van der Waals surface area contributed by atoms with Gasteiger partial charge in [-0.1, -0.05) is 35.9 Å². The largest absolute Gasteiger partial charge is 0.326 e. The average molecular weight is 308 g/mol. The van der Waals surface area contributed by atoms with Gasteiger partial charge < -0.3 is 10.2 Å². The molecule has 0 radical (unpaired) electrons. The molecule has 4 nitrogen and oxygen atoms in total. The first-order chi connectivity index (χ1) is 11.0. The summed E-state index contributed by atoms with van der Waals surface area (Å²) in [4.78, 5) is 25.6. The standard InChI is InChI=1S/C19H20N2O2/c1-13-4-3-5-15(10-13)11-19(23)20-17-7-6-16-8-9-21(14(2)22)18(16)12-17/h3-7,10,12H,8-9,11H2,1-2H3,(H,20,23). The number of nitrogens with zero attached hydrogens (tertiary/aromatic N) is 1. The molecule has 0 aromatic heterocycles. The van der Waals surface area contributed by atoms with Crippen LogP contribution in [0.25, 0.3) is 0 Å². The third kappa shape index (κ3) is 3.42. The van der Waals surface area contributed by atoms with E-state index in [-0.39, 0.29) is 11.8 Å². The minimum absolute atomic E-state index is 0.0342. The summed E-state index contributed by atoms with van der Waals surface area (Å²) < 4.78 is 0. The zero-order valence-corrected chi connectivity index (χ0v) is 13.4. The molecule has 1 aliphatic heterocycles. The Balaban J connectivity index is 1.72. The maximum absolute atomic E-state index is 12.2. The molecule has 0 bridgehead atoms. The van der Waals surface area contributed by atoms with Crippen LogP contribution >= 0.6 is 0 Å². The second kappa shape index (κ2) is 6.24. The molecule has 3 rings (SSSR count). The molecule has 0 fully saturated rings. The van der Waals surface area contributed by atoms with E-state index in [4.69, 9.17) is 0 Å². The van der Waals surface area contributed by atoms with Crippen molar-refractivity contribution >= 4 is 23.2 Å². The Labute approximate surface area is 136 Å². The van der Waals surface area contributed by atoms with Gasteiger partial charge in [-0.3, -0.25) is 9.59 Å². The van der Waals surface area contributed by atoms with Crippen LogP contribution in [-0.2, 0) is 22.4 Å². The Kier molecular flexibility index (Phi) is 4.15. The summed E-state index contributed by atoms with van der Waals surface area (Å²) >= 11 is 0. The highest BCUT2D eigenvalue weighted by molar-refractivity contribution is 5.97. The lowest BCUT2D eigenvalue weighted by atomic mass is 10.1. The minimum Gasteiger partial charge on any atom is -0.326 e. The first-order valence-electron chi connectivity index (χ1n) is 7.79. The topological polar surface area (TPSA) is 49.4 Å². The molecule has 0 spiro atoms. The summed E-state index contributed by atoms with van der Waals surface area (Å²) in [6.07, 6.45) is 1.21. The number of anilines is 2. The molecule has 0 unspecified atom stereocenters. The highest BCUT2D eigenvalue weighted by Crippen LogP contribution is 2.30. The molecule has 118 valence electrons. The van der Waals surface area contributed by atoms with Gasteiger partial charge in [-0.25, -0.2) is 0 Å². The van der Waals surface area contributed by atoms with E-state index in [1.165, 1.54) is 0 Å². The SMILES string of the molecule is CC(=O)N1CCc2ccc(NC(=O)Cc3cccc(C)c3)cc21. The molecule has 1 aliphatic rings. The van der Waals surface area contributed by atoms with Crippen LogP contribution in [0, 0.1) is 6.92 Å². The van der Waals surface area contributed by atoms with Crippen molar-refractivity contribution in [3.63, 3.8) is 0 Å². The molecule has 0 saturated heterocycles. The number of benzene rings is 2. The number of hydrogen-bond donors (Lipinski definition) is 1. The zero-order valence-electron chi connectivity index (χ0n) is 13.4. The van der Waals surface area contributed by atoms with Gasteiger partial charge in [-0.2, -0.15) is 0 Å². The Morgan fingerprint density at radius 1 is 1.17 bits per heavy atom. The molecule has 2 amide bonds. The van der Waals surface area contributed by atoms with Gasteiger partial charge in [0.1, 0.15) is 0 Å². The predicted molar refractivity (Wildman–Crippen MR) is 91.7 cm³/mol. The van der Waals surface area contributed by atoms with Crippen molar-refractivity contribution in [1.29, 1.82) is 0 Å². The fourth-order valence-electron chi connectivity index (χ4n) is 3.00. The van der Waals surface area contributed by atoms with Gasteiger partial charge >= 0.3 is 0 Å². The average Bonchev–Trinajstić information content (AvgIpc) is 2.90. The molecule has 2 aromatic carbocycles. The van der Waals surface area contributed by atoms with Gasteiger partial charge in [-0.15, -0.1) is 0 Å². The van der Waals surface area contributed by atoms with Crippen molar-refractivity contribution in [3.05, 3.63) is 59.2 Å². The van der Waals surface area contributed by atoms with E-state index in [0.29, 0.717) is 13.0 Å². The lowest BCUT2D eigenvalue weighted by Crippen LogP contribution is -2.25. The number of amides is 2. The maximum Gasteiger partial charge on any atom is 0.228 e. The molecule has 0 atom stereocenters. The second-order valence-electron chi connectivity index (χ2n) is 5.98. The van der Waals surface area contributed by atoms with Crippen LogP contribution in [0.3, 0.4) is 0 Å². The summed E-state index contributed by atoms with van der Waals surface area (Å²) in [6.45, 7) is 4.29. The maximum atomic E-state index is 12.2. The van der Waals surface area contributed by atoms with Crippen molar-refractivity contribution in [2.24, 2.45) is 0 Å². The first kappa shape index (κ1) is 15.3. The summed E-state index contributed by atoms with van der Waals surface area (Å²) in [5, 5.41) is 2.92. The normalized spacial score (nSPS) is 12.9. The summed E-state index contributed by atoms with van der Waals surface area (Å²) in [5.74, 6) is -0.0186. The van der Waals surface area contributed by atoms with E-state index < -0.39 is 0 Å². The third-order valence-electron chi connectivity index (χ3n) is 4.09. The summed E-state index contributed by atoms with van der Waals surface area (Å²) in [6, 6.07) is 13.7. The Morgan fingerprint density at radius 3 is 2.74 bits per heavy atom. The van der Waals surface area contributed by atoms with Crippen LogP contribution in [0.5, 0.6) is 0 Å². The first-order valence-corrected chi connectivity index (χ1v) is 7.79. The van der Waals surface area contributed by atoms with Gasteiger partial charge in [0.05, 0.1) is 6.42 Å². The quantitative estimate of drug-likeness (QED) is 0.947. The van der Waals surface area contributed by atoms with Gasteiger partial charge in [-0.05, 0) is 36.6 Å². The number of carbonyl (C=O) groups excluding carboxylic acids is 2. The Hall–Kier alpha value is -2.62. The van der Waals surface area contributed by atoms with E-state index >= 15 is 0 Å². The second-order valence-corrected chi connectivity index (χ2v) is 5.98. The molecule has 1 heterocycles. The van der Waals surface area contributed by atoms with Gasteiger partial charge in [0.2, 0.25) is 11.8 Å². The van der Waals surface area contributed by atoms with Crippen LogP contribution in [-0.4, -0.2) is 18.4 Å². The fraction of sp³-hybridized carbons (Fsp3) is 0.263. The predicted octanol–water partition coefficient (Wildman–Crippen LogP) is 3.09. The van der Waals surface area contributed by atoms with Crippen molar-refractivity contribution in [2.75, 3.05) is 16.8 Å². The Bertz CT molecular complexity index is 768. The van der Waals surface area contributed by atoms with Crippen molar-refractivity contribution in [2.45, 2.75) is 26.7 Å². The molecule has 2 aromatic rings. The lowest BCUT2D eigenvalue weighted by Gasteiger charge is -2.16. The minimum atomic E-state index is -0.0529. The number of carbonyl (C=O) groups is 2. The number of rotatable bonds is 3. The number of aryl methyl sites for hydroxylation is 1. The highest BCUT2D eigenvalue weighted by atomic mass is 16.2. The van der Waals surface area contributed by atoms with Crippen molar-refractivity contribution in [3.8, 4) is 0 Å². The van der Waals surface area contributed by atoms with E-state index in [0.717, 1.165) is 34.5 Å². The van der Waals surface area contributed by atoms with Crippen molar-refractivity contribution < 1.29 is 9.59 Å². The van der Waals surface area contributed by atoms with Gasteiger partial charge in [0, 0.05) is 24.8 Å². The van der Waals surface area contributed by atoms with E-state index in [9.17, 15) is 9.59 Å². The fourth-order valence-corrected chi connectivity index (χ4v) is 3.00. The monoisotopic (exact) mass is 308 g/mol. The molecular formula is C19H20N2O2. The molecule has 4 heteroatoms. The van der Waals surface area contributed by atoms with Crippen LogP contribution < -0.4 is 10.2 Å². The number of nitrogens with one attached hydrogen (secondary N) is 1. The lowest BCUT2D eigenvalue weighted by molar-refractivity contribution is -0.116. The summed E-state index contributed by atoms with van der Waals surface area (Å²) in [7, 11) is 0. The summed E-state index contributed by atoms with van der Waals surface area (Å²) in [5.41, 5.74) is 4.93. The Morgan fingerprint density at radius 2 is 2.00 bits per heavy atom. The van der Waals surface area contributed by atoms with Crippen LogP contribution in [0.1, 0.15) is 23.6 Å². The molecule has 23 heavy (non-hydrogen) atoms. The third-order valence-corrected chi connectivity index (χ3v) is 4.09. The van der Waals surface area contributed by atoms with Gasteiger partial charge in [0.25, 0.3) is 0 Å². The highest BCUT2D eigenvalue weighted by Gasteiger charge is 2.22. The van der Waals surface area contributed by atoms with E-state index in [1.54, 1.807) is 11.8 Å². The van der Waals surface area contributed by atoms with Crippen LogP contribution in [0.4, 0.5) is 11.4 Å².